The third kappa shape index (κ3) is 4.52. The van der Waals surface area contributed by atoms with E-state index in [1.807, 2.05) is 13.0 Å². The summed E-state index contributed by atoms with van der Waals surface area (Å²) in [6.45, 7) is 2.30. The summed E-state index contributed by atoms with van der Waals surface area (Å²) in [5.41, 5.74) is 1.37. The number of carbonyl (C=O) groups excluding carboxylic acids is 1. The van der Waals surface area contributed by atoms with E-state index < -0.39 is 5.97 Å². The van der Waals surface area contributed by atoms with Crippen LogP contribution in [-0.4, -0.2) is 47.8 Å². The van der Waals surface area contributed by atoms with Crippen LogP contribution in [0.25, 0.3) is 6.08 Å². The van der Waals surface area contributed by atoms with Crippen molar-refractivity contribution in [3.05, 3.63) is 56.9 Å². The van der Waals surface area contributed by atoms with Crippen molar-refractivity contribution in [1.29, 1.82) is 0 Å². The van der Waals surface area contributed by atoms with Crippen molar-refractivity contribution in [2.75, 3.05) is 20.8 Å². The first-order chi connectivity index (χ1) is 14.4. The van der Waals surface area contributed by atoms with Crippen molar-refractivity contribution in [3.63, 3.8) is 0 Å². The first-order valence-electron chi connectivity index (χ1n) is 8.93. The molecule has 1 amide bonds. The maximum absolute atomic E-state index is 12.9. The van der Waals surface area contributed by atoms with Crippen LogP contribution in [0, 0.1) is 0 Å². The molecule has 0 spiro atoms. The smallest absolute Gasteiger partial charge is 0.335 e. The predicted molar refractivity (Wildman–Crippen MR) is 121 cm³/mol. The zero-order valence-electron chi connectivity index (χ0n) is 16.5. The third-order valence-electron chi connectivity index (χ3n) is 4.28. The monoisotopic (exact) mass is 490 g/mol. The maximum Gasteiger partial charge on any atom is 0.335 e. The molecule has 30 heavy (non-hydrogen) atoms. The van der Waals surface area contributed by atoms with E-state index in [9.17, 15) is 9.59 Å². The molecule has 0 radical (unpaired) electrons. The molecule has 1 saturated heterocycles. The molecule has 9 heteroatoms. The zero-order valence-corrected chi connectivity index (χ0v) is 18.9. The van der Waals surface area contributed by atoms with Crippen molar-refractivity contribution in [2.24, 2.45) is 4.99 Å². The highest BCUT2D eigenvalue weighted by molar-refractivity contribution is 9.10. The lowest BCUT2D eigenvalue weighted by molar-refractivity contribution is -0.122. The molecule has 0 aliphatic carbocycles. The summed E-state index contributed by atoms with van der Waals surface area (Å²) in [7, 11) is 3.10. The van der Waals surface area contributed by atoms with Crippen LogP contribution in [0.3, 0.4) is 0 Å². The average molecular weight is 491 g/mol. The number of carboxylic acids is 1. The first-order valence-corrected chi connectivity index (χ1v) is 10.5. The fourth-order valence-electron chi connectivity index (χ4n) is 2.86. The van der Waals surface area contributed by atoms with E-state index >= 15 is 0 Å². The Kier molecular flexibility index (Phi) is 6.84. The largest absolute Gasteiger partial charge is 0.493 e. The fraction of sp³-hybridized carbons (Fsp3) is 0.190. The van der Waals surface area contributed by atoms with E-state index in [4.69, 9.17) is 14.6 Å². The molecule has 7 nitrogen and oxygen atoms in total. The van der Waals surface area contributed by atoms with E-state index in [2.05, 4.69) is 20.9 Å². The van der Waals surface area contributed by atoms with Crippen LogP contribution in [0.2, 0.25) is 0 Å². The Balaban J connectivity index is 1.97. The fourth-order valence-corrected chi connectivity index (χ4v) is 4.55. The number of amidine groups is 1. The Morgan fingerprint density at radius 2 is 2.03 bits per heavy atom. The number of likely N-dealkylation sites (N-methyl/N-ethyl adjacent to an activating group) is 1. The second kappa shape index (κ2) is 9.36. The number of methoxy groups -OCH3 is 2. The molecular weight excluding hydrogens is 472 g/mol. The zero-order chi connectivity index (χ0) is 21.8. The number of ether oxygens (including phenoxy) is 2. The number of amides is 1. The molecule has 1 heterocycles. The standard InChI is InChI=1S/C21H19BrN2O5S/c1-4-24-19(25)17(10-12-8-15(22)18(29-3)16(9-12)28-2)30-21(24)23-14-7-5-6-13(11-14)20(26)27/h5-11H,4H2,1-3H3,(H,26,27)/b17-10-,23-21?. The van der Waals surface area contributed by atoms with Gasteiger partial charge in [0.15, 0.2) is 16.7 Å². The lowest BCUT2D eigenvalue weighted by Gasteiger charge is -2.12. The molecule has 0 atom stereocenters. The van der Waals surface area contributed by atoms with Gasteiger partial charge in [0.25, 0.3) is 5.91 Å². The van der Waals surface area contributed by atoms with E-state index in [-0.39, 0.29) is 11.5 Å². The van der Waals surface area contributed by atoms with Crippen LogP contribution >= 0.6 is 27.7 Å². The van der Waals surface area contributed by atoms with Crippen molar-refractivity contribution in [3.8, 4) is 11.5 Å². The summed E-state index contributed by atoms with van der Waals surface area (Å²) in [6.07, 6.45) is 1.76. The van der Waals surface area contributed by atoms with E-state index in [0.717, 1.165) is 5.56 Å². The highest BCUT2D eigenvalue weighted by atomic mass is 79.9. The summed E-state index contributed by atoms with van der Waals surface area (Å²) < 4.78 is 11.4. The minimum Gasteiger partial charge on any atom is -0.493 e. The third-order valence-corrected chi connectivity index (χ3v) is 5.87. The molecule has 156 valence electrons. The van der Waals surface area contributed by atoms with Gasteiger partial charge in [0.1, 0.15) is 0 Å². The Morgan fingerprint density at radius 3 is 2.67 bits per heavy atom. The second-order valence-electron chi connectivity index (χ2n) is 6.15. The number of halogens is 1. The van der Waals surface area contributed by atoms with E-state index in [1.165, 1.54) is 23.9 Å². The normalized spacial score (nSPS) is 16.4. The van der Waals surface area contributed by atoms with Crippen LogP contribution < -0.4 is 9.47 Å². The summed E-state index contributed by atoms with van der Waals surface area (Å²) in [4.78, 5) is 30.6. The van der Waals surface area contributed by atoms with Gasteiger partial charge in [0, 0.05) is 6.54 Å². The number of hydrogen-bond acceptors (Lipinski definition) is 6. The summed E-state index contributed by atoms with van der Waals surface area (Å²) in [5, 5.41) is 9.66. The van der Waals surface area contributed by atoms with Crippen LogP contribution in [0.4, 0.5) is 5.69 Å². The number of aromatic carboxylic acids is 1. The number of benzene rings is 2. The number of hydrogen-bond donors (Lipinski definition) is 1. The quantitative estimate of drug-likeness (QED) is 0.585. The molecule has 1 fully saturated rings. The number of aliphatic imine (C=N–C) groups is 1. The average Bonchev–Trinajstić information content (AvgIpc) is 3.01. The molecule has 1 aliphatic rings. The Bertz CT molecular complexity index is 1070. The minimum absolute atomic E-state index is 0.139. The van der Waals surface area contributed by atoms with Gasteiger partial charge in [-0.1, -0.05) is 6.07 Å². The summed E-state index contributed by atoms with van der Waals surface area (Å²) in [6, 6.07) is 9.91. The SMILES string of the molecule is CCN1C(=O)/C(=C/c2cc(Br)c(OC)c(OC)c2)SC1=Nc1cccc(C(=O)O)c1. The van der Waals surface area contributed by atoms with Crippen molar-refractivity contribution < 1.29 is 24.2 Å². The topological polar surface area (TPSA) is 88.4 Å². The van der Waals surface area contributed by atoms with Gasteiger partial charge in [-0.25, -0.2) is 9.79 Å². The lowest BCUT2D eigenvalue weighted by Crippen LogP contribution is -2.28. The number of carbonyl (C=O) groups is 2. The van der Waals surface area contributed by atoms with Crippen LogP contribution in [-0.2, 0) is 4.79 Å². The molecule has 0 saturated carbocycles. The maximum atomic E-state index is 12.9. The number of carboxylic acid groups (broad SMARTS) is 1. The Labute approximate surface area is 186 Å². The highest BCUT2D eigenvalue weighted by Crippen LogP contribution is 2.39. The first kappa shape index (κ1) is 21.9. The number of nitrogens with zero attached hydrogens (tertiary/aromatic N) is 2. The van der Waals surface area contributed by atoms with E-state index in [0.29, 0.717) is 38.3 Å². The van der Waals surface area contributed by atoms with Crippen molar-refractivity contribution >= 4 is 56.5 Å². The van der Waals surface area contributed by atoms with E-state index in [1.54, 1.807) is 43.4 Å². The number of thioether (sulfide) groups is 1. The molecule has 2 aromatic rings. The van der Waals surface area contributed by atoms with Gasteiger partial charge in [0.2, 0.25) is 0 Å². The van der Waals surface area contributed by atoms with Gasteiger partial charge in [0.05, 0.1) is 34.8 Å². The molecule has 3 rings (SSSR count). The van der Waals surface area contributed by atoms with Gasteiger partial charge >= 0.3 is 5.97 Å². The molecule has 0 unspecified atom stereocenters. The van der Waals surface area contributed by atoms with Gasteiger partial charge < -0.3 is 14.6 Å². The van der Waals surface area contributed by atoms with Crippen molar-refractivity contribution in [2.45, 2.75) is 6.92 Å². The number of rotatable bonds is 6. The van der Waals surface area contributed by atoms with Gasteiger partial charge in [-0.05, 0) is 76.6 Å². The second-order valence-corrected chi connectivity index (χ2v) is 8.01. The Morgan fingerprint density at radius 1 is 1.27 bits per heavy atom. The lowest BCUT2D eigenvalue weighted by atomic mass is 10.2. The van der Waals surface area contributed by atoms with Gasteiger partial charge in [-0.2, -0.15) is 0 Å². The molecule has 2 aromatic carbocycles. The van der Waals surface area contributed by atoms with Gasteiger partial charge in [-0.3, -0.25) is 9.69 Å². The molecule has 0 bridgehead atoms. The van der Waals surface area contributed by atoms with Crippen molar-refractivity contribution in [1.82, 2.24) is 4.90 Å². The molecule has 1 N–H and O–H groups in total. The molecule has 0 aromatic heterocycles. The summed E-state index contributed by atoms with van der Waals surface area (Å²) in [5.74, 6) is -0.0811. The predicted octanol–water partition coefficient (Wildman–Crippen LogP) is 4.79. The Hall–Kier alpha value is -2.78. The summed E-state index contributed by atoms with van der Waals surface area (Å²) >= 11 is 4.69. The van der Waals surface area contributed by atoms with Gasteiger partial charge in [-0.15, -0.1) is 0 Å². The highest BCUT2D eigenvalue weighted by Gasteiger charge is 2.32. The molecular formula is C21H19BrN2O5S. The molecule has 1 aliphatic heterocycles. The van der Waals surface area contributed by atoms with Crippen LogP contribution in [0.1, 0.15) is 22.8 Å². The minimum atomic E-state index is -1.03. The van der Waals surface area contributed by atoms with Crippen LogP contribution in [0.15, 0.2) is 50.8 Å². The van der Waals surface area contributed by atoms with Crippen LogP contribution in [0.5, 0.6) is 11.5 Å².